The molecular weight excluding hydrogens is 350 g/mol. The number of piperazine rings is 1. The van der Waals surface area contributed by atoms with Crippen molar-refractivity contribution < 1.29 is 18.4 Å². The van der Waals surface area contributed by atoms with Gasteiger partial charge in [0.1, 0.15) is 11.6 Å². The zero-order valence-corrected chi connectivity index (χ0v) is 15.3. The van der Waals surface area contributed by atoms with E-state index in [-0.39, 0.29) is 11.5 Å². The first-order valence-electron chi connectivity index (χ1n) is 9.01. The first-order chi connectivity index (χ1) is 12.9. The predicted octanol–water partition coefficient (Wildman–Crippen LogP) is 3.19. The van der Waals surface area contributed by atoms with Gasteiger partial charge in [0, 0.05) is 38.7 Å². The van der Waals surface area contributed by atoms with E-state index in [0.29, 0.717) is 45.1 Å². The Morgan fingerprint density at radius 1 is 0.926 bits per heavy atom. The van der Waals surface area contributed by atoms with Crippen LogP contribution in [0, 0.1) is 18.6 Å². The van der Waals surface area contributed by atoms with Crippen LogP contribution in [0.15, 0.2) is 42.5 Å². The summed E-state index contributed by atoms with van der Waals surface area (Å²) in [4.78, 5) is 28.0. The van der Waals surface area contributed by atoms with Crippen molar-refractivity contribution in [3.05, 3.63) is 70.8 Å². The minimum Gasteiger partial charge on any atom is -0.339 e. The molecule has 0 saturated carbocycles. The van der Waals surface area contributed by atoms with Crippen molar-refractivity contribution >= 4 is 11.8 Å². The molecule has 3 rings (SSSR count). The average Bonchev–Trinajstić information content (AvgIpc) is 2.67. The van der Waals surface area contributed by atoms with Crippen LogP contribution in [-0.4, -0.2) is 47.8 Å². The Morgan fingerprint density at radius 3 is 2.19 bits per heavy atom. The van der Waals surface area contributed by atoms with Crippen LogP contribution < -0.4 is 0 Å². The highest BCUT2D eigenvalue weighted by Crippen LogP contribution is 2.15. The Kier molecular flexibility index (Phi) is 5.84. The van der Waals surface area contributed by atoms with Crippen molar-refractivity contribution in [3.63, 3.8) is 0 Å². The van der Waals surface area contributed by atoms with Crippen molar-refractivity contribution in [1.82, 2.24) is 9.80 Å². The topological polar surface area (TPSA) is 40.6 Å². The van der Waals surface area contributed by atoms with Crippen LogP contribution in [0.4, 0.5) is 8.78 Å². The van der Waals surface area contributed by atoms with Gasteiger partial charge in [-0.3, -0.25) is 9.59 Å². The molecule has 27 heavy (non-hydrogen) atoms. The van der Waals surface area contributed by atoms with E-state index in [4.69, 9.17) is 0 Å². The van der Waals surface area contributed by atoms with E-state index in [9.17, 15) is 18.4 Å². The number of carbonyl (C=O) groups excluding carboxylic acids is 2. The maximum absolute atomic E-state index is 13.8. The molecule has 0 unspecified atom stereocenters. The van der Waals surface area contributed by atoms with Gasteiger partial charge in [-0.2, -0.15) is 0 Å². The van der Waals surface area contributed by atoms with Gasteiger partial charge in [0.15, 0.2) is 0 Å². The predicted molar refractivity (Wildman–Crippen MR) is 98.3 cm³/mol. The van der Waals surface area contributed by atoms with Crippen molar-refractivity contribution in [3.8, 4) is 0 Å². The SMILES string of the molecule is Cc1ccc(CCC(=O)N2CCN(C(=O)c3ccc(F)cc3F)CC2)cc1. The van der Waals surface area contributed by atoms with Crippen LogP contribution in [0.5, 0.6) is 0 Å². The smallest absolute Gasteiger partial charge is 0.256 e. The molecule has 4 nitrogen and oxygen atoms in total. The molecule has 0 aliphatic carbocycles. The molecule has 1 heterocycles. The van der Waals surface area contributed by atoms with Gasteiger partial charge >= 0.3 is 0 Å². The number of nitrogens with zero attached hydrogens (tertiary/aromatic N) is 2. The quantitative estimate of drug-likeness (QED) is 0.827. The van der Waals surface area contributed by atoms with Gasteiger partial charge in [-0.05, 0) is 31.0 Å². The number of halogens is 2. The van der Waals surface area contributed by atoms with E-state index < -0.39 is 17.5 Å². The van der Waals surface area contributed by atoms with Gasteiger partial charge in [-0.15, -0.1) is 0 Å². The van der Waals surface area contributed by atoms with E-state index in [0.717, 1.165) is 17.7 Å². The molecule has 1 fully saturated rings. The highest BCUT2D eigenvalue weighted by Gasteiger charge is 2.26. The molecule has 0 atom stereocenters. The summed E-state index contributed by atoms with van der Waals surface area (Å²) in [6, 6.07) is 11.0. The second-order valence-electron chi connectivity index (χ2n) is 6.78. The molecule has 0 aromatic heterocycles. The van der Waals surface area contributed by atoms with Crippen molar-refractivity contribution in [2.75, 3.05) is 26.2 Å². The third-order valence-corrected chi connectivity index (χ3v) is 4.83. The zero-order valence-electron chi connectivity index (χ0n) is 15.3. The van der Waals surface area contributed by atoms with Crippen molar-refractivity contribution in [2.45, 2.75) is 19.8 Å². The first kappa shape index (κ1) is 19.0. The van der Waals surface area contributed by atoms with Gasteiger partial charge in [0.2, 0.25) is 5.91 Å². The number of benzene rings is 2. The number of carbonyl (C=O) groups is 2. The lowest BCUT2D eigenvalue weighted by atomic mass is 10.1. The molecule has 1 aliphatic rings. The molecule has 6 heteroatoms. The van der Waals surface area contributed by atoms with E-state index in [1.54, 1.807) is 4.90 Å². The Labute approximate surface area is 157 Å². The van der Waals surface area contributed by atoms with Crippen molar-refractivity contribution in [1.29, 1.82) is 0 Å². The number of amides is 2. The molecular formula is C21H22F2N2O2. The second kappa shape index (κ2) is 8.29. The fraction of sp³-hybridized carbons (Fsp3) is 0.333. The summed E-state index contributed by atoms with van der Waals surface area (Å²) in [6.45, 7) is 3.54. The largest absolute Gasteiger partial charge is 0.339 e. The Morgan fingerprint density at radius 2 is 1.56 bits per heavy atom. The summed E-state index contributed by atoms with van der Waals surface area (Å²) < 4.78 is 26.8. The molecule has 1 saturated heterocycles. The van der Waals surface area contributed by atoms with Gasteiger partial charge in [-0.25, -0.2) is 8.78 Å². The molecule has 2 aromatic rings. The van der Waals surface area contributed by atoms with E-state index in [2.05, 4.69) is 0 Å². The minimum absolute atomic E-state index is 0.0515. The standard InChI is InChI=1S/C21H22F2N2O2/c1-15-2-4-16(5-3-15)6-9-20(26)24-10-12-25(13-11-24)21(27)18-8-7-17(22)14-19(18)23/h2-5,7-8,14H,6,9-13H2,1H3. The van der Waals surface area contributed by atoms with E-state index in [1.165, 1.54) is 10.5 Å². The minimum atomic E-state index is -0.864. The fourth-order valence-corrected chi connectivity index (χ4v) is 3.16. The fourth-order valence-electron chi connectivity index (χ4n) is 3.16. The monoisotopic (exact) mass is 372 g/mol. The highest BCUT2D eigenvalue weighted by atomic mass is 19.1. The van der Waals surface area contributed by atoms with Gasteiger partial charge in [0.05, 0.1) is 5.56 Å². The Balaban J connectivity index is 1.51. The molecule has 0 spiro atoms. The third-order valence-electron chi connectivity index (χ3n) is 4.83. The molecule has 2 amide bonds. The molecule has 0 radical (unpaired) electrons. The third kappa shape index (κ3) is 4.70. The highest BCUT2D eigenvalue weighted by molar-refractivity contribution is 5.94. The zero-order chi connectivity index (χ0) is 19.4. The summed E-state index contributed by atoms with van der Waals surface area (Å²) in [6.07, 6.45) is 1.10. The lowest BCUT2D eigenvalue weighted by Gasteiger charge is -2.35. The van der Waals surface area contributed by atoms with E-state index >= 15 is 0 Å². The van der Waals surface area contributed by atoms with Crippen LogP contribution >= 0.6 is 0 Å². The molecule has 1 aliphatic heterocycles. The van der Waals surface area contributed by atoms with Gasteiger partial charge in [0.25, 0.3) is 5.91 Å². The van der Waals surface area contributed by atoms with Crippen LogP contribution in [0.25, 0.3) is 0 Å². The van der Waals surface area contributed by atoms with E-state index in [1.807, 2.05) is 31.2 Å². The van der Waals surface area contributed by atoms with Crippen LogP contribution in [0.1, 0.15) is 27.9 Å². The first-order valence-corrected chi connectivity index (χ1v) is 9.01. The maximum atomic E-state index is 13.8. The van der Waals surface area contributed by atoms with Gasteiger partial charge < -0.3 is 9.80 Å². The Bertz CT molecular complexity index is 829. The van der Waals surface area contributed by atoms with Crippen molar-refractivity contribution in [2.24, 2.45) is 0 Å². The number of rotatable bonds is 4. The lowest BCUT2D eigenvalue weighted by Crippen LogP contribution is -2.50. The normalized spacial score (nSPS) is 14.3. The molecule has 142 valence electrons. The summed E-state index contributed by atoms with van der Waals surface area (Å²) in [5.74, 6) is -2.00. The second-order valence-corrected chi connectivity index (χ2v) is 6.78. The number of aryl methyl sites for hydroxylation is 2. The van der Waals surface area contributed by atoms with Crippen LogP contribution in [-0.2, 0) is 11.2 Å². The Hall–Kier alpha value is -2.76. The summed E-state index contributed by atoms with van der Waals surface area (Å²) in [5, 5.41) is 0. The van der Waals surface area contributed by atoms with Crippen LogP contribution in [0.2, 0.25) is 0 Å². The average molecular weight is 372 g/mol. The molecule has 0 bridgehead atoms. The van der Waals surface area contributed by atoms with Crippen LogP contribution in [0.3, 0.4) is 0 Å². The summed E-state index contributed by atoms with van der Waals surface area (Å²) in [7, 11) is 0. The van der Waals surface area contributed by atoms with Gasteiger partial charge in [-0.1, -0.05) is 29.8 Å². The number of hydrogen-bond acceptors (Lipinski definition) is 2. The molecule has 0 N–H and O–H groups in total. The summed E-state index contributed by atoms with van der Waals surface area (Å²) in [5.41, 5.74) is 2.16. The summed E-state index contributed by atoms with van der Waals surface area (Å²) >= 11 is 0. The lowest BCUT2D eigenvalue weighted by molar-refractivity contribution is -0.132. The maximum Gasteiger partial charge on any atom is 0.256 e. The molecule has 2 aromatic carbocycles. The number of hydrogen-bond donors (Lipinski definition) is 0.